The van der Waals surface area contributed by atoms with Gasteiger partial charge in [0.25, 0.3) is 6.01 Å². The largest absolute Gasteiger partial charge is 0.423 e. The standard InChI is InChI=1S/C14H12BrN3O/c1-8-5-6-11(9(15)7-8)17-14-18-13-10(16)3-2-4-12(13)19-14/h2-7H,16H2,1H3,(H,17,18). The Morgan fingerprint density at radius 3 is 2.84 bits per heavy atom. The van der Waals surface area contributed by atoms with Crippen LogP contribution in [0.2, 0.25) is 0 Å². The average molecular weight is 318 g/mol. The van der Waals surface area contributed by atoms with Crippen LogP contribution in [-0.4, -0.2) is 4.98 Å². The summed E-state index contributed by atoms with van der Waals surface area (Å²) in [6.45, 7) is 2.04. The van der Waals surface area contributed by atoms with Gasteiger partial charge in [-0.05, 0) is 52.7 Å². The molecule has 19 heavy (non-hydrogen) atoms. The number of hydrogen-bond donors (Lipinski definition) is 2. The highest BCUT2D eigenvalue weighted by atomic mass is 79.9. The minimum absolute atomic E-state index is 0.428. The van der Waals surface area contributed by atoms with Gasteiger partial charge >= 0.3 is 0 Å². The quantitative estimate of drug-likeness (QED) is 0.694. The summed E-state index contributed by atoms with van der Waals surface area (Å²) in [6.07, 6.45) is 0. The second-order valence-electron chi connectivity index (χ2n) is 4.32. The molecule has 1 aromatic heterocycles. The van der Waals surface area contributed by atoms with Crippen molar-refractivity contribution in [1.82, 2.24) is 4.98 Å². The number of halogens is 1. The molecule has 0 saturated heterocycles. The van der Waals surface area contributed by atoms with Crippen molar-refractivity contribution in [3.8, 4) is 0 Å². The third-order valence-corrected chi connectivity index (χ3v) is 3.47. The minimum atomic E-state index is 0.428. The number of nitrogens with one attached hydrogen (secondary N) is 1. The number of aryl methyl sites for hydroxylation is 1. The van der Waals surface area contributed by atoms with E-state index in [2.05, 4.69) is 26.2 Å². The smallest absolute Gasteiger partial charge is 0.300 e. The number of para-hydroxylation sites is 1. The number of fused-ring (bicyclic) bond motifs is 1. The fourth-order valence-corrected chi connectivity index (χ4v) is 2.45. The van der Waals surface area contributed by atoms with E-state index in [1.807, 2.05) is 37.3 Å². The van der Waals surface area contributed by atoms with Crippen molar-refractivity contribution in [3.63, 3.8) is 0 Å². The first-order chi connectivity index (χ1) is 9.13. The van der Waals surface area contributed by atoms with Crippen LogP contribution in [-0.2, 0) is 0 Å². The molecule has 0 aliphatic heterocycles. The highest BCUT2D eigenvalue weighted by molar-refractivity contribution is 9.10. The molecule has 0 fully saturated rings. The summed E-state index contributed by atoms with van der Waals surface area (Å²) in [5, 5.41) is 3.14. The second-order valence-corrected chi connectivity index (χ2v) is 5.18. The lowest BCUT2D eigenvalue weighted by atomic mass is 10.2. The number of anilines is 3. The molecule has 3 rings (SSSR count). The van der Waals surface area contributed by atoms with Gasteiger partial charge in [0, 0.05) is 4.47 Å². The molecule has 0 unspecified atom stereocenters. The number of benzene rings is 2. The Morgan fingerprint density at radius 2 is 2.11 bits per heavy atom. The molecular weight excluding hydrogens is 306 g/mol. The van der Waals surface area contributed by atoms with Crippen LogP contribution in [0.3, 0.4) is 0 Å². The number of nitrogens with zero attached hydrogens (tertiary/aromatic N) is 1. The van der Waals surface area contributed by atoms with Gasteiger partial charge in [0.05, 0.1) is 11.4 Å². The van der Waals surface area contributed by atoms with Gasteiger partial charge in [-0.25, -0.2) is 0 Å². The summed E-state index contributed by atoms with van der Waals surface area (Å²) in [5.74, 6) is 0. The van der Waals surface area contributed by atoms with Gasteiger partial charge in [-0.15, -0.1) is 0 Å². The zero-order valence-corrected chi connectivity index (χ0v) is 11.9. The van der Waals surface area contributed by atoms with Crippen molar-refractivity contribution in [2.75, 3.05) is 11.1 Å². The molecule has 0 aliphatic rings. The molecule has 0 spiro atoms. The third-order valence-electron chi connectivity index (χ3n) is 2.82. The number of oxazole rings is 1. The Labute approximate surface area is 118 Å². The van der Waals surface area contributed by atoms with E-state index in [-0.39, 0.29) is 0 Å². The molecule has 5 heteroatoms. The van der Waals surface area contributed by atoms with Gasteiger partial charge < -0.3 is 15.5 Å². The molecule has 4 nitrogen and oxygen atoms in total. The molecule has 3 N–H and O–H groups in total. The van der Waals surface area contributed by atoms with Crippen LogP contribution < -0.4 is 11.1 Å². The van der Waals surface area contributed by atoms with Crippen LogP contribution in [0.15, 0.2) is 45.3 Å². The molecule has 0 atom stereocenters. The predicted molar refractivity (Wildman–Crippen MR) is 80.6 cm³/mol. The summed E-state index contributed by atoms with van der Waals surface area (Å²) < 4.78 is 6.58. The van der Waals surface area contributed by atoms with E-state index in [4.69, 9.17) is 10.2 Å². The van der Waals surface area contributed by atoms with Crippen molar-refractivity contribution >= 4 is 44.4 Å². The van der Waals surface area contributed by atoms with Gasteiger partial charge in [-0.1, -0.05) is 12.1 Å². The molecular formula is C14H12BrN3O. The lowest BCUT2D eigenvalue weighted by molar-refractivity contribution is 0.623. The lowest BCUT2D eigenvalue weighted by Crippen LogP contribution is -1.92. The van der Waals surface area contributed by atoms with Crippen LogP contribution in [0.5, 0.6) is 0 Å². The zero-order valence-electron chi connectivity index (χ0n) is 10.3. The first kappa shape index (κ1) is 12.0. The molecule has 0 bridgehead atoms. The highest BCUT2D eigenvalue weighted by Gasteiger charge is 2.09. The molecule has 0 aliphatic carbocycles. The Balaban J connectivity index is 1.99. The molecule has 0 amide bonds. The summed E-state index contributed by atoms with van der Waals surface area (Å²) in [4.78, 5) is 4.35. The minimum Gasteiger partial charge on any atom is -0.423 e. The Hall–Kier alpha value is -2.01. The topological polar surface area (TPSA) is 64.1 Å². The molecule has 96 valence electrons. The fourth-order valence-electron chi connectivity index (χ4n) is 1.86. The molecule has 0 radical (unpaired) electrons. The van der Waals surface area contributed by atoms with Gasteiger partial charge in [-0.3, -0.25) is 0 Å². The predicted octanol–water partition coefficient (Wildman–Crippen LogP) is 4.22. The van der Waals surface area contributed by atoms with E-state index in [0.29, 0.717) is 22.8 Å². The van der Waals surface area contributed by atoms with E-state index >= 15 is 0 Å². The van der Waals surface area contributed by atoms with Crippen molar-refractivity contribution in [1.29, 1.82) is 0 Å². The van der Waals surface area contributed by atoms with E-state index < -0.39 is 0 Å². The Kier molecular flexibility index (Phi) is 2.91. The monoisotopic (exact) mass is 317 g/mol. The highest BCUT2D eigenvalue weighted by Crippen LogP contribution is 2.29. The summed E-state index contributed by atoms with van der Waals surface area (Å²) in [7, 11) is 0. The van der Waals surface area contributed by atoms with E-state index in [1.54, 1.807) is 6.07 Å². The van der Waals surface area contributed by atoms with E-state index in [1.165, 1.54) is 5.56 Å². The lowest BCUT2D eigenvalue weighted by Gasteiger charge is -2.04. The van der Waals surface area contributed by atoms with Crippen molar-refractivity contribution < 1.29 is 4.42 Å². The van der Waals surface area contributed by atoms with Gasteiger partial charge in [0.2, 0.25) is 0 Å². The molecule has 3 aromatic rings. The maximum Gasteiger partial charge on any atom is 0.300 e. The molecule has 1 heterocycles. The first-order valence-electron chi connectivity index (χ1n) is 5.82. The summed E-state index contributed by atoms with van der Waals surface area (Å²) in [6, 6.07) is 11.9. The number of nitrogen functional groups attached to an aromatic ring is 1. The van der Waals surface area contributed by atoms with Gasteiger partial charge in [0.1, 0.15) is 5.52 Å². The average Bonchev–Trinajstić information content (AvgIpc) is 2.77. The van der Waals surface area contributed by atoms with Crippen molar-refractivity contribution in [3.05, 3.63) is 46.4 Å². The SMILES string of the molecule is Cc1ccc(Nc2nc3c(N)cccc3o2)c(Br)c1. The number of aromatic nitrogens is 1. The maximum absolute atomic E-state index is 5.85. The van der Waals surface area contributed by atoms with E-state index in [9.17, 15) is 0 Å². The first-order valence-corrected chi connectivity index (χ1v) is 6.61. The number of nitrogens with two attached hydrogens (primary N) is 1. The third kappa shape index (κ3) is 2.29. The van der Waals surface area contributed by atoms with Crippen LogP contribution in [0.4, 0.5) is 17.4 Å². The van der Waals surface area contributed by atoms with Crippen molar-refractivity contribution in [2.45, 2.75) is 6.92 Å². The maximum atomic E-state index is 5.85. The molecule has 2 aromatic carbocycles. The van der Waals surface area contributed by atoms with Gasteiger partial charge in [0.15, 0.2) is 5.58 Å². The Bertz CT molecular complexity index is 752. The normalized spacial score (nSPS) is 10.8. The van der Waals surface area contributed by atoms with Crippen molar-refractivity contribution in [2.24, 2.45) is 0 Å². The second kappa shape index (κ2) is 4.59. The van der Waals surface area contributed by atoms with Gasteiger partial charge in [-0.2, -0.15) is 4.98 Å². The summed E-state index contributed by atoms with van der Waals surface area (Å²) >= 11 is 3.51. The fraction of sp³-hybridized carbons (Fsp3) is 0.0714. The van der Waals surface area contributed by atoms with Crippen LogP contribution in [0.25, 0.3) is 11.1 Å². The van der Waals surface area contributed by atoms with Crippen LogP contribution in [0.1, 0.15) is 5.56 Å². The number of hydrogen-bond acceptors (Lipinski definition) is 4. The molecule has 0 saturated carbocycles. The summed E-state index contributed by atoms with van der Waals surface area (Å²) in [5.41, 5.74) is 9.89. The Morgan fingerprint density at radius 1 is 1.26 bits per heavy atom. The van der Waals surface area contributed by atoms with Crippen LogP contribution in [0, 0.1) is 6.92 Å². The zero-order chi connectivity index (χ0) is 13.4. The van der Waals surface area contributed by atoms with Crippen LogP contribution >= 0.6 is 15.9 Å². The van der Waals surface area contributed by atoms with E-state index in [0.717, 1.165) is 10.2 Å². The number of rotatable bonds is 2.